The third-order valence-corrected chi connectivity index (χ3v) is 4.67. The average Bonchev–Trinajstić information content (AvgIpc) is 2.76. The molecule has 6 nitrogen and oxygen atoms in total. The third kappa shape index (κ3) is 6.14. The Kier molecular flexibility index (Phi) is 7.54. The number of nitrogens with zero attached hydrogens (tertiary/aromatic N) is 1. The number of carbonyl (C=O) groups is 1. The van der Waals surface area contributed by atoms with Gasteiger partial charge in [-0.05, 0) is 54.1 Å². The van der Waals surface area contributed by atoms with E-state index in [0.717, 1.165) is 5.56 Å². The van der Waals surface area contributed by atoms with E-state index >= 15 is 0 Å². The predicted molar refractivity (Wildman–Crippen MR) is 121 cm³/mol. The molecule has 3 aromatic rings. The Bertz CT molecular complexity index is 1040. The van der Waals surface area contributed by atoms with Crippen molar-refractivity contribution in [1.29, 1.82) is 0 Å². The van der Waals surface area contributed by atoms with E-state index in [-0.39, 0.29) is 12.5 Å². The summed E-state index contributed by atoms with van der Waals surface area (Å²) in [6.07, 6.45) is 1.62. The van der Waals surface area contributed by atoms with Crippen LogP contribution in [0.15, 0.2) is 71.8 Å². The highest BCUT2D eigenvalue weighted by Gasteiger charge is 2.09. The van der Waals surface area contributed by atoms with Crippen molar-refractivity contribution in [2.24, 2.45) is 5.10 Å². The molecule has 0 unspecified atom stereocenters. The molecular formula is C22H19Cl2N3O3. The monoisotopic (exact) mass is 443 g/mol. The first kappa shape index (κ1) is 21.5. The number of halogens is 2. The van der Waals surface area contributed by atoms with Crippen LogP contribution in [-0.4, -0.2) is 25.8 Å². The third-order valence-electron chi connectivity index (χ3n) is 3.93. The van der Waals surface area contributed by atoms with Gasteiger partial charge in [0.15, 0.2) is 18.1 Å². The lowest BCUT2D eigenvalue weighted by atomic mass is 10.2. The topological polar surface area (TPSA) is 71.9 Å². The molecular weight excluding hydrogens is 425 g/mol. The maximum absolute atomic E-state index is 12.0. The molecule has 0 heterocycles. The fourth-order valence-electron chi connectivity index (χ4n) is 2.49. The number of carbonyl (C=O) groups excluding carboxylic acids is 1. The molecule has 0 aliphatic rings. The smallest absolute Gasteiger partial charge is 0.262 e. The number of benzene rings is 3. The molecule has 0 bridgehead atoms. The van der Waals surface area contributed by atoms with E-state index < -0.39 is 0 Å². The Morgan fingerprint density at radius 1 is 0.967 bits per heavy atom. The van der Waals surface area contributed by atoms with Gasteiger partial charge in [0.1, 0.15) is 0 Å². The van der Waals surface area contributed by atoms with Crippen LogP contribution in [0.5, 0.6) is 11.5 Å². The summed E-state index contributed by atoms with van der Waals surface area (Å²) in [6.45, 7) is -0.141. The first-order valence-electron chi connectivity index (χ1n) is 8.95. The molecule has 30 heavy (non-hydrogen) atoms. The Labute approximate surface area is 184 Å². The van der Waals surface area contributed by atoms with Gasteiger partial charge in [-0.1, -0.05) is 41.4 Å². The first-order chi connectivity index (χ1) is 14.5. The van der Waals surface area contributed by atoms with Crippen molar-refractivity contribution in [2.75, 3.05) is 24.5 Å². The zero-order valence-corrected chi connectivity index (χ0v) is 17.6. The molecule has 0 saturated heterocycles. The molecule has 3 aromatic carbocycles. The van der Waals surface area contributed by atoms with E-state index in [1.54, 1.807) is 54.7 Å². The van der Waals surface area contributed by atoms with Gasteiger partial charge in [0.25, 0.3) is 5.91 Å². The summed E-state index contributed by atoms with van der Waals surface area (Å²) < 4.78 is 11.0. The summed E-state index contributed by atoms with van der Waals surface area (Å²) in [5, 5.41) is 7.85. The van der Waals surface area contributed by atoms with E-state index in [1.165, 1.54) is 7.11 Å². The van der Waals surface area contributed by atoms with Crippen molar-refractivity contribution in [3.63, 3.8) is 0 Å². The Morgan fingerprint density at radius 2 is 1.77 bits per heavy atom. The van der Waals surface area contributed by atoms with Gasteiger partial charge < -0.3 is 14.8 Å². The number of methoxy groups -OCH3 is 1. The lowest BCUT2D eigenvalue weighted by Gasteiger charge is -2.11. The second-order valence-electron chi connectivity index (χ2n) is 6.11. The van der Waals surface area contributed by atoms with E-state index in [1.807, 2.05) is 18.2 Å². The number of para-hydroxylation sites is 1. The Balaban J connectivity index is 1.58. The number of hydrogen-bond donors (Lipinski definition) is 2. The van der Waals surface area contributed by atoms with Gasteiger partial charge >= 0.3 is 0 Å². The summed E-state index contributed by atoms with van der Waals surface area (Å²) in [7, 11) is 1.53. The number of nitrogens with one attached hydrogen (secondary N) is 2. The van der Waals surface area contributed by atoms with Crippen molar-refractivity contribution in [2.45, 2.75) is 0 Å². The van der Waals surface area contributed by atoms with Crippen LogP contribution < -0.4 is 20.2 Å². The van der Waals surface area contributed by atoms with Gasteiger partial charge in [-0.15, -0.1) is 0 Å². The molecule has 2 N–H and O–H groups in total. The number of anilines is 2. The Hall–Kier alpha value is -3.22. The highest BCUT2D eigenvalue weighted by molar-refractivity contribution is 6.42. The van der Waals surface area contributed by atoms with Gasteiger partial charge in [-0.3, -0.25) is 10.2 Å². The molecule has 0 atom stereocenters. The van der Waals surface area contributed by atoms with Crippen LogP contribution >= 0.6 is 23.2 Å². The highest BCUT2D eigenvalue weighted by Crippen LogP contribution is 2.28. The number of hydrogen-bond acceptors (Lipinski definition) is 5. The van der Waals surface area contributed by atoms with Crippen molar-refractivity contribution < 1.29 is 14.3 Å². The molecule has 154 valence electrons. The number of amides is 1. The minimum Gasteiger partial charge on any atom is -0.493 e. The molecule has 8 heteroatoms. The summed E-state index contributed by atoms with van der Waals surface area (Å²) in [4.78, 5) is 12.0. The highest BCUT2D eigenvalue weighted by atomic mass is 35.5. The fourth-order valence-corrected chi connectivity index (χ4v) is 2.79. The van der Waals surface area contributed by atoms with Crippen LogP contribution in [0.25, 0.3) is 0 Å². The van der Waals surface area contributed by atoms with Crippen LogP contribution in [0, 0.1) is 0 Å². The van der Waals surface area contributed by atoms with Crippen molar-refractivity contribution >= 4 is 46.7 Å². The first-order valence-corrected chi connectivity index (χ1v) is 9.70. The summed E-state index contributed by atoms with van der Waals surface area (Å²) in [5.41, 5.74) is 5.07. The Morgan fingerprint density at radius 3 is 2.50 bits per heavy atom. The minimum atomic E-state index is -0.264. The SMILES string of the molecule is COc1cc(C=NNc2ccc(Cl)c(Cl)c2)ccc1OCC(=O)Nc1ccccc1. The van der Waals surface area contributed by atoms with Crippen molar-refractivity contribution in [3.8, 4) is 11.5 Å². The van der Waals surface area contributed by atoms with Crippen LogP contribution in [0.3, 0.4) is 0 Å². The normalized spacial score (nSPS) is 10.6. The standard InChI is InChI=1S/C22H19Cl2N3O3/c1-29-21-11-15(13-25-27-17-8-9-18(23)19(24)12-17)7-10-20(21)30-14-22(28)26-16-5-3-2-4-6-16/h2-13,27H,14H2,1H3,(H,26,28). The summed E-state index contributed by atoms with van der Waals surface area (Å²) in [5.74, 6) is 0.677. The molecule has 0 fully saturated rings. The van der Waals surface area contributed by atoms with E-state index in [4.69, 9.17) is 32.7 Å². The van der Waals surface area contributed by atoms with Gasteiger partial charge in [-0.25, -0.2) is 0 Å². The van der Waals surface area contributed by atoms with Crippen molar-refractivity contribution in [1.82, 2.24) is 0 Å². The van der Waals surface area contributed by atoms with Crippen LogP contribution in [0.1, 0.15) is 5.56 Å². The summed E-state index contributed by atoms with van der Waals surface area (Å²) in [6, 6.07) is 19.6. The largest absolute Gasteiger partial charge is 0.493 e. The van der Waals surface area contributed by atoms with Gasteiger partial charge in [0.2, 0.25) is 0 Å². The molecule has 1 amide bonds. The molecule has 0 aromatic heterocycles. The van der Waals surface area contributed by atoms with E-state index in [2.05, 4.69) is 15.8 Å². The van der Waals surface area contributed by atoms with Crippen molar-refractivity contribution in [3.05, 3.63) is 82.3 Å². The molecule has 0 aliphatic heterocycles. The maximum atomic E-state index is 12.0. The van der Waals surface area contributed by atoms with Crippen LogP contribution in [0.2, 0.25) is 10.0 Å². The molecule has 0 radical (unpaired) electrons. The number of hydrazone groups is 1. The fraction of sp³-hybridized carbons (Fsp3) is 0.0909. The van der Waals surface area contributed by atoms with E-state index in [9.17, 15) is 4.79 Å². The lowest BCUT2D eigenvalue weighted by molar-refractivity contribution is -0.118. The maximum Gasteiger partial charge on any atom is 0.262 e. The zero-order valence-electron chi connectivity index (χ0n) is 16.1. The lowest BCUT2D eigenvalue weighted by Crippen LogP contribution is -2.20. The molecule has 3 rings (SSSR count). The molecule has 0 saturated carbocycles. The predicted octanol–water partition coefficient (Wildman–Crippen LogP) is 5.47. The van der Waals surface area contributed by atoms with Crippen LogP contribution in [-0.2, 0) is 4.79 Å². The second kappa shape index (κ2) is 10.5. The van der Waals surface area contributed by atoms with Crippen LogP contribution in [0.4, 0.5) is 11.4 Å². The van der Waals surface area contributed by atoms with E-state index in [0.29, 0.717) is 32.9 Å². The zero-order chi connectivity index (χ0) is 21.3. The second-order valence-corrected chi connectivity index (χ2v) is 6.93. The molecule has 0 aliphatic carbocycles. The minimum absolute atomic E-state index is 0.141. The molecule has 0 spiro atoms. The van der Waals surface area contributed by atoms with Gasteiger partial charge in [0.05, 0.1) is 29.1 Å². The summed E-state index contributed by atoms with van der Waals surface area (Å²) >= 11 is 11.9. The number of rotatable bonds is 8. The average molecular weight is 444 g/mol. The quantitative estimate of drug-likeness (QED) is 0.357. The van der Waals surface area contributed by atoms with Gasteiger partial charge in [0, 0.05) is 5.69 Å². The number of ether oxygens (including phenoxy) is 2. The van der Waals surface area contributed by atoms with Gasteiger partial charge in [-0.2, -0.15) is 5.10 Å².